The quantitative estimate of drug-likeness (QED) is 0.146. The van der Waals surface area contributed by atoms with Gasteiger partial charge >= 0.3 is 0 Å². The first-order valence-electron chi connectivity index (χ1n) is 14.3. The summed E-state index contributed by atoms with van der Waals surface area (Å²) in [5.74, 6) is 0. The Morgan fingerprint density at radius 1 is 0.545 bits per heavy atom. The standard InChI is InChI=1S/C40H31N3.H3N/c1-3-9-35(26-41-2)29-10-4-13-32(20-29)38-23-39(33-14-5-11-30(21-33)36-16-7-18-42-27-36)25-40(24-38)34-15-6-12-31(22-34)37-17-8-19-43-28-37;/h3-28H,2H2,1H3;1H3/b9-3-,35-26+;. The molecule has 44 heavy (non-hydrogen) atoms. The van der Waals surface area contributed by atoms with Crippen LogP contribution in [0.4, 0.5) is 0 Å². The molecule has 6 aromatic rings. The third-order valence-electron chi connectivity index (χ3n) is 7.42. The number of hydrogen-bond acceptors (Lipinski definition) is 4. The molecule has 3 N–H and O–H groups in total. The summed E-state index contributed by atoms with van der Waals surface area (Å²) in [6.45, 7) is 5.68. The average Bonchev–Trinajstić information content (AvgIpc) is 3.09. The van der Waals surface area contributed by atoms with Gasteiger partial charge in [0.2, 0.25) is 0 Å². The van der Waals surface area contributed by atoms with E-state index in [1.807, 2.05) is 37.5 Å². The Morgan fingerprint density at radius 3 is 1.39 bits per heavy atom. The second kappa shape index (κ2) is 14.0. The van der Waals surface area contributed by atoms with Crippen LogP contribution in [0.15, 0.2) is 163 Å². The maximum absolute atomic E-state index is 4.33. The van der Waals surface area contributed by atoms with Crippen LogP contribution in [-0.2, 0) is 0 Å². The van der Waals surface area contributed by atoms with Gasteiger partial charge in [-0.2, -0.15) is 0 Å². The van der Waals surface area contributed by atoms with Crippen molar-refractivity contribution in [1.29, 1.82) is 0 Å². The molecule has 0 aliphatic rings. The molecule has 0 bridgehead atoms. The van der Waals surface area contributed by atoms with Crippen molar-refractivity contribution in [1.82, 2.24) is 16.1 Å². The molecule has 0 atom stereocenters. The predicted molar refractivity (Wildman–Crippen MR) is 187 cm³/mol. The lowest BCUT2D eigenvalue weighted by Crippen LogP contribution is -1.89. The van der Waals surface area contributed by atoms with E-state index in [0.717, 1.165) is 66.8 Å². The molecular formula is C40H34N4. The van der Waals surface area contributed by atoms with Crippen molar-refractivity contribution < 1.29 is 0 Å². The van der Waals surface area contributed by atoms with Crippen LogP contribution >= 0.6 is 0 Å². The number of aromatic nitrogens is 2. The highest BCUT2D eigenvalue weighted by Gasteiger charge is 2.11. The van der Waals surface area contributed by atoms with Crippen LogP contribution in [-0.4, -0.2) is 16.7 Å². The summed E-state index contributed by atoms with van der Waals surface area (Å²) in [6, 6.07) is 40.9. The second-order valence-corrected chi connectivity index (χ2v) is 10.3. The molecule has 4 aromatic carbocycles. The Bertz CT molecular complexity index is 1840. The topological polar surface area (TPSA) is 73.1 Å². The van der Waals surface area contributed by atoms with Crippen LogP contribution in [0.1, 0.15) is 12.5 Å². The molecule has 2 aromatic heterocycles. The van der Waals surface area contributed by atoms with E-state index in [-0.39, 0.29) is 6.15 Å². The molecule has 0 radical (unpaired) electrons. The van der Waals surface area contributed by atoms with Crippen LogP contribution in [0, 0.1) is 0 Å². The predicted octanol–water partition coefficient (Wildman–Crippen LogP) is 10.6. The smallest absolute Gasteiger partial charge is 0.0346 e. The fourth-order valence-corrected chi connectivity index (χ4v) is 5.32. The van der Waals surface area contributed by atoms with E-state index < -0.39 is 0 Å². The number of benzene rings is 4. The first-order valence-corrected chi connectivity index (χ1v) is 14.3. The zero-order valence-electron chi connectivity index (χ0n) is 24.8. The van der Waals surface area contributed by atoms with E-state index in [9.17, 15) is 0 Å². The number of nitrogens with zero attached hydrogens (tertiary/aromatic N) is 3. The van der Waals surface area contributed by atoms with Gasteiger partial charge in [-0.1, -0.05) is 78.9 Å². The fraction of sp³-hybridized carbons (Fsp3) is 0.0250. The minimum absolute atomic E-state index is 0. The largest absolute Gasteiger partial charge is 0.344 e. The van der Waals surface area contributed by atoms with E-state index in [4.69, 9.17) is 0 Å². The van der Waals surface area contributed by atoms with E-state index in [0.29, 0.717) is 0 Å². The zero-order chi connectivity index (χ0) is 29.4. The zero-order valence-corrected chi connectivity index (χ0v) is 24.8. The molecule has 2 heterocycles. The van der Waals surface area contributed by atoms with Crippen molar-refractivity contribution in [3.63, 3.8) is 0 Å². The molecule has 0 unspecified atom stereocenters. The second-order valence-electron chi connectivity index (χ2n) is 10.3. The minimum atomic E-state index is 0. The highest BCUT2D eigenvalue weighted by molar-refractivity contribution is 5.85. The van der Waals surface area contributed by atoms with E-state index >= 15 is 0 Å². The summed E-state index contributed by atoms with van der Waals surface area (Å²) in [6.07, 6.45) is 13.3. The fourth-order valence-electron chi connectivity index (χ4n) is 5.32. The summed E-state index contributed by atoms with van der Waals surface area (Å²) in [5, 5.41) is 0. The lowest BCUT2D eigenvalue weighted by Gasteiger charge is -2.14. The molecule has 6 rings (SSSR count). The molecule has 0 fully saturated rings. The first kappa shape index (κ1) is 29.8. The Labute approximate surface area is 259 Å². The third-order valence-corrected chi connectivity index (χ3v) is 7.42. The van der Waals surface area contributed by atoms with Gasteiger partial charge in [-0.25, -0.2) is 0 Å². The molecule has 0 saturated carbocycles. The molecule has 0 spiro atoms. The molecule has 214 valence electrons. The van der Waals surface area contributed by atoms with E-state index in [1.54, 1.807) is 18.6 Å². The summed E-state index contributed by atoms with van der Waals surface area (Å²) in [4.78, 5) is 12.7. The SMILES string of the molecule is C=N/C=C(\C=C/C)c1cccc(-c2cc(-c3cccc(-c4cccnc4)c3)cc(-c3cccc(-c4cccnc4)c3)c2)c1.N. The Kier molecular flexibility index (Phi) is 9.45. The first-order chi connectivity index (χ1) is 21.2. The number of hydrogen-bond donors (Lipinski definition) is 1. The summed E-state index contributed by atoms with van der Waals surface area (Å²) < 4.78 is 0. The summed E-state index contributed by atoms with van der Waals surface area (Å²) in [7, 11) is 0. The van der Waals surface area contributed by atoms with E-state index in [2.05, 4.69) is 131 Å². The van der Waals surface area contributed by atoms with Gasteiger partial charge in [-0.3, -0.25) is 15.0 Å². The van der Waals surface area contributed by atoms with E-state index in [1.165, 1.54) is 0 Å². The van der Waals surface area contributed by atoms with Crippen LogP contribution in [0.25, 0.3) is 61.2 Å². The van der Waals surface area contributed by atoms with Gasteiger partial charge in [0.15, 0.2) is 0 Å². The highest BCUT2D eigenvalue weighted by Crippen LogP contribution is 2.36. The van der Waals surface area contributed by atoms with Gasteiger partial charge in [0.1, 0.15) is 0 Å². The van der Waals surface area contributed by atoms with Crippen LogP contribution in [0.5, 0.6) is 0 Å². The Hall–Kier alpha value is -5.71. The number of aliphatic imine (C=N–C) groups is 1. The molecule has 4 nitrogen and oxygen atoms in total. The van der Waals surface area contributed by atoms with Crippen molar-refractivity contribution in [2.45, 2.75) is 6.92 Å². The molecule has 0 saturated heterocycles. The molecule has 0 aliphatic carbocycles. The maximum atomic E-state index is 4.33. The summed E-state index contributed by atoms with van der Waals surface area (Å²) >= 11 is 0. The number of rotatable bonds is 8. The molecular weight excluding hydrogens is 536 g/mol. The monoisotopic (exact) mass is 570 g/mol. The Morgan fingerprint density at radius 2 is 0.955 bits per heavy atom. The van der Waals surface area contributed by atoms with Crippen molar-refractivity contribution in [3.05, 3.63) is 164 Å². The lowest BCUT2D eigenvalue weighted by molar-refractivity contribution is 1.33. The Balaban J connectivity index is 0.00000384. The van der Waals surface area contributed by atoms with Gasteiger partial charge in [0, 0.05) is 42.1 Å². The van der Waals surface area contributed by atoms with Gasteiger partial charge < -0.3 is 6.15 Å². The van der Waals surface area contributed by atoms with Crippen molar-refractivity contribution >= 4 is 12.3 Å². The van der Waals surface area contributed by atoms with Gasteiger partial charge in [-0.15, -0.1) is 0 Å². The van der Waals surface area contributed by atoms with Gasteiger partial charge in [0.05, 0.1) is 0 Å². The summed E-state index contributed by atoms with van der Waals surface area (Å²) in [5.41, 5.74) is 13.4. The number of allylic oxidation sites excluding steroid dienone is 3. The maximum Gasteiger partial charge on any atom is 0.0346 e. The van der Waals surface area contributed by atoms with Crippen LogP contribution < -0.4 is 6.15 Å². The van der Waals surface area contributed by atoms with Crippen molar-refractivity contribution in [3.8, 4) is 55.6 Å². The normalized spacial score (nSPS) is 11.2. The van der Waals surface area contributed by atoms with Crippen LogP contribution in [0.2, 0.25) is 0 Å². The van der Waals surface area contributed by atoms with Gasteiger partial charge in [-0.05, 0) is 118 Å². The van der Waals surface area contributed by atoms with Crippen LogP contribution in [0.3, 0.4) is 0 Å². The molecule has 4 heteroatoms. The lowest BCUT2D eigenvalue weighted by atomic mass is 9.90. The molecule has 0 aliphatic heterocycles. The molecule has 0 amide bonds. The average molecular weight is 571 g/mol. The number of pyridine rings is 2. The van der Waals surface area contributed by atoms with Crippen molar-refractivity contribution in [2.75, 3.05) is 0 Å². The highest BCUT2D eigenvalue weighted by atomic mass is 14.6. The third kappa shape index (κ3) is 6.67. The minimum Gasteiger partial charge on any atom is -0.344 e. The van der Waals surface area contributed by atoms with Crippen molar-refractivity contribution in [2.24, 2.45) is 4.99 Å². The van der Waals surface area contributed by atoms with Gasteiger partial charge in [0.25, 0.3) is 0 Å².